The van der Waals surface area contributed by atoms with Crippen LogP contribution in [0.25, 0.3) is 0 Å². The fraction of sp³-hybridized carbons (Fsp3) is 0.421. The Morgan fingerprint density at radius 2 is 1.75 bits per heavy atom. The number of hydrogen-bond donors (Lipinski definition) is 0. The van der Waals surface area contributed by atoms with Gasteiger partial charge in [-0.05, 0) is 56.2 Å². The van der Waals surface area contributed by atoms with Crippen molar-refractivity contribution in [3.05, 3.63) is 45.1 Å². The van der Waals surface area contributed by atoms with Crippen LogP contribution in [0, 0.1) is 12.8 Å². The Bertz CT molecular complexity index is 776. The Morgan fingerprint density at radius 1 is 1.12 bits per heavy atom. The largest absolute Gasteiger partial charge is 0.422 e. The van der Waals surface area contributed by atoms with Crippen LogP contribution in [0.3, 0.4) is 0 Å². The fourth-order valence-electron chi connectivity index (χ4n) is 3.09. The highest BCUT2D eigenvalue weighted by molar-refractivity contribution is 5.72. The van der Waals surface area contributed by atoms with Crippen LogP contribution in [0.15, 0.2) is 23.0 Å². The van der Waals surface area contributed by atoms with Crippen molar-refractivity contribution in [1.29, 1.82) is 0 Å². The Balaban J connectivity index is 2.73. The monoisotopic (exact) mass is 330 g/mol. The lowest BCUT2D eigenvalue weighted by atomic mass is 9.80. The molecule has 5 nitrogen and oxygen atoms in total. The van der Waals surface area contributed by atoms with E-state index in [1.54, 1.807) is 6.07 Å². The molecule has 0 saturated heterocycles. The van der Waals surface area contributed by atoms with Gasteiger partial charge in [-0.25, -0.2) is 0 Å². The molecule has 0 heterocycles. The molecule has 0 spiro atoms. The van der Waals surface area contributed by atoms with Gasteiger partial charge in [-0.3, -0.25) is 14.4 Å². The molecule has 0 fully saturated rings. The van der Waals surface area contributed by atoms with Gasteiger partial charge in [0, 0.05) is 19.4 Å². The second kappa shape index (κ2) is 6.99. The van der Waals surface area contributed by atoms with E-state index in [0.29, 0.717) is 12.3 Å². The number of aryl methyl sites for hydroxylation is 1. The summed E-state index contributed by atoms with van der Waals surface area (Å²) in [5, 5.41) is 0. The third-order valence-electron chi connectivity index (χ3n) is 4.28. The molecule has 1 aliphatic rings. The summed E-state index contributed by atoms with van der Waals surface area (Å²) < 4.78 is 10.3. The van der Waals surface area contributed by atoms with Crippen molar-refractivity contribution in [1.82, 2.24) is 0 Å². The molecule has 1 aromatic rings. The van der Waals surface area contributed by atoms with E-state index in [1.807, 2.05) is 13.8 Å². The van der Waals surface area contributed by atoms with Crippen molar-refractivity contribution in [2.75, 3.05) is 0 Å². The van der Waals surface area contributed by atoms with E-state index in [1.165, 1.54) is 13.8 Å². The zero-order valence-electron chi connectivity index (χ0n) is 14.5. The van der Waals surface area contributed by atoms with Crippen molar-refractivity contribution in [3.63, 3.8) is 0 Å². The molecular weight excluding hydrogens is 308 g/mol. The van der Waals surface area contributed by atoms with Gasteiger partial charge >= 0.3 is 11.9 Å². The summed E-state index contributed by atoms with van der Waals surface area (Å²) in [6, 6.07) is 1.55. The molecule has 1 aliphatic carbocycles. The predicted molar refractivity (Wildman–Crippen MR) is 90.4 cm³/mol. The highest BCUT2D eigenvalue weighted by atomic mass is 16.5. The van der Waals surface area contributed by atoms with Crippen molar-refractivity contribution >= 4 is 11.9 Å². The topological polar surface area (TPSA) is 69.7 Å². The summed E-state index contributed by atoms with van der Waals surface area (Å²) >= 11 is 0. The zero-order chi connectivity index (χ0) is 18.0. The lowest BCUT2D eigenvalue weighted by Gasteiger charge is -2.25. The molecule has 0 aliphatic heterocycles. The second-order valence-electron chi connectivity index (χ2n) is 6.28. The number of hydrogen-bond acceptors (Lipinski definition) is 5. The van der Waals surface area contributed by atoms with E-state index >= 15 is 0 Å². The van der Waals surface area contributed by atoms with E-state index in [0.717, 1.165) is 35.1 Å². The number of allylic oxidation sites excluding steroid dienone is 1. The van der Waals surface area contributed by atoms with E-state index < -0.39 is 17.4 Å². The van der Waals surface area contributed by atoms with E-state index in [4.69, 9.17) is 9.47 Å². The van der Waals surface area contributed by atoms with E-state index in [2.05, 4.69) is 6.58 Å². The van der Waals surface area contributed by atoms with Crippen molar-refractivity contribution in [2.24, 2.45) is 5.92 Å². The van der Waals surface area contributed by atoms with Crippen LogP contribution in [0.2, 0.25) is 0 Å². The molecule has 5 heteroatoms. The molecule has 0 amide bonds. The molecule has 0 saturated carbocycles. The maximum atomic E-state index is 12.7. The third-order valence-corrected chi connectivity index (χ3v) is 4.28. The normalized spacial score (nSPS) is 16.1. The first kappa shape index (κ1) is 17.9. The zero-order valence-corrected chi connectivity index (χ0v) is 14.5. The van der Waals surface area contributed by atoms with Crippen LogP contribution in [0.5, 0.6) is 11.5 Å². The Labute approximate surface area is 141 Å². The maximum Gasteiger partial charge on any atom is 0.308 e. The molecule has 1 aromatic carbocycles. The van der Waals surface area contributed by atoms with Crippen LogP contribution in [0.1, 0.15) is 43.9 Å². The van der Waals surface area contributed by atoms with Crippen LogP contribution >= 0.6 is 0 Å². The number of fused-ring (bicyclic) bond motifs is 1. The van der Waals surface area contributed by atoms with Crippen molar-refractivity contribution in [3.8, 4) is 11.5 Å². The predicted octanol–water partition coefficient (Wildman–Crippen LogP) is 2.89. The smallest absolute Gasteiger partial charge is 0.308 e. The van der Waals surface area contributed by atoms with Gasteiger partial charge in [0.25, 0.3) is 5.43 Å². The molecule has 0 N–H and O–H groups in total. The Hall–Kier alpha value is -2.43. The third kappa shape index (κ3) is 3.72. The van der Waals surface area contributed by atoms with Crippen LogP contribution in [0.4, 0.5) is 0 Å². The molecule has 0 bridgehead atoms. The highest BCUT2D eigenvalue weighted by Crippen LogP contribution is 2.35. The van der Waals surface area contributed by atoms with Gasteiger partial charge in [-0.1, -0.05) is 12.2 Å². The molecule has 1 unspecified atom stereocenters. The molecule has 2 rings (SSSR count). The SMILES string of the molecule is C=C(C)C1CCc2c(c(C)cc(OC(C)=O)c(=O)c2OC(C)=O)C1. The highest BCUT2D eigenvalue weighted by Gasteiger charge is 2.26. The summed E-state index contributed by atoms with van der Waals surface area (Å²) in [5.74, 6) is -0.992. The summed E-state index contributed by atoms with van der Waals surface area (Å²) in [6.45, 7) is 10.4. The number of carbonyl (C=O) groups excluding carboxylic acids is 2. The lowest BCUT2D eigenvalue weighted by Crippen LogP contribution is -2.20. The second-order valence-corrected chi connectivity index (χ2v) is 6.28. The standard InChI is InChI=1S/C19H22O5/c1-10(2)14-6-7-15-16(9-14)11(3)8-17(23-12(4)20)18(22)19(15)24-13(5)21/h8,14H,1,6-7,9H2,2-5H3. The summed E-state index contributed by atoms with van der Waals surface area (Å²) in [6.07, 6.45) is 2.17. The minimum absolute atomic E-state index is 0.0259. The fourth-order valence-corrected chi connectivity index (χ4v) is 3.09. The van der Waals surface area contributed by atoms with Gasteiger partial charge in [0.2, 0.25) is 0 Å². The molecule has 128 valence electrons. The van der Waals surface area contributed by atoms with Gasteiger partial charge in [0.15, 0.2) is 11.5 Å². The Kier molecular flexibility index (Phi) is 5.22. The van der Waals surface area contributed by atoms with Crippen LogP contribution < -0.4 is 14.9 Å². The van der Waals surface area contributed by atoms with Crippen LogP contribution in [-0.2, 0) is 22.4 Å². The first-order valence-electron chi connectivity index (χ1n) is 7.92. The number of carbonyl (C=O) groups is 2. The van der Waals surface area contributed by atoms with Crippen LogP contribution in [-0.4, -0.2) is 11.9 Å². The number of esters is 2. The lowest BCUT2D eigenvalue weighted by molar-refractivity contribution is -0.132. The number of rotatable bonds is 3. The molecule has 1 atom stereocenters. The van der Waals surface area contributed by atoms with Gasteiger partial charge in [-0.2, -0.15) is 0 Å². The summed E-state index contributed by atoms with van der Waals surface area (Å²) in [4.78, 5) is 35.5. The molecule has 0 aromatic heterocycles. The van der Waals surface area contributed by atoms with Gasteiger partial charge in [-0.15, -0.1) is 0 Å². The minimum atomic E-state index is -0.593. The van der Waals surface area contributed by atoms with Crippen molar-refractivity contribution in [2.45, 2.75) is 47.0 Å². The maximum absolute atomic E-state index is 12.7. The average Bonchev–Trinajstić information content (AvgIpc) is 2.57. The molecule has 24 heavy (non-hydrogen) atoms. The molecular formula is C19H22O5. The number of ether oxygens (including phenoxy) is 2. The first-order valence-corrected chi connectivity index (χ1v) is 7.92. The average molecular weight is 330 g/mol. The summed E-state index contributed by atoms with van der Waals surface area (Å²) in [5.41, 5.74) is 3.04. The summed E-state index contributed by atoms with van der Waals surface area (Å²) in [7, 11) is 0. The van der Waals surface area contributed by atoms with Gasteiger partial charge < -0.3 is 9.47 Å². The Morgan fingerprint density at radius 3 is 2.29 bits per heavy atom. The van der Waals surface area contributed by atoms with Gasteiger partial charge in [0.05, 0.1) is 0 Å². The minimum Gasteiger partial charge on any atom is -0.422 e. The van der Waals surface area contributed by atoms with Gasteiger partial charge in [0.1, 0.15) is 0 Å². The van der Waals surface area contributed by atoms with E-state index in [-0.39, 0.29) is 11.5 Å². The quantitative estimate of drug-likeness (QED) is 0.629. The molecule has 0 radical (unpaired) electrons. The van der Waals surface area contributed by atoms with E-state index in [9.17, 15) is 14.4 Å². The first-order chi connectivity index (χ1) is 11.2. The van der Waals surface area contributed by atoms with Crippen molar-refractivity contribution < 1.29 is 19.1 Å².